The van der Waals surface area contributed by atoms with Crippen LogP contribution in [-0.2, 0) is 11.0 Å². The molecule has 13 heteroatoms. The Hall–Kier alpha value is -4.13. The molecule has 0 atom stereocenters. The highest BCUT2D eigenvalue weighted by atomic mass is 19.4. The molecule has 10 nitrogen and oxygen atoms in total. The highest BCUT2D eigenvalue weighted by molar-refractivity contribution is 6.00. The number of amides is 2. The van der Waals surface area contributed by atoms with Crippen LogP contribution in [0.3, 0.4) is 0 Å². The molecule has 0 saturated heterocycles. The summed E-state index contributed by atoms with van der Waals surface area (Å²) in [6.45, 7) is 0. The lowest BCUT2D eigenvalue weighted by Crippen LogP contribution is -2.46. The normalized spacial score (nSPS) is 11.6. The molecule has 0 fully saturated rings. The average molecular weight is 477 g/mol. The van der Waals surface area contributed by atoms with Crippen LogP contribution in [0.4, 0.5) is 41.9 Å². The Labute approximate surface area is 193 Å². The van der Waals surface area contributed by atoms with E-state index in [9.17, 15) is 22.8 Å². The van der Waals surface area contributed by atoms with E-state index in [-0.39, 0.29) is 33.2 Å². The van der Waals surface area contributed by atoms with Gasteiger partial charge in [0.1, 0.15) is 17.7 Å². The van der Waals surface area contributed by atoms with Crippen molar-refractivity contribution in [2.24, 2.45) is 0 Å². The molecule has 3 aromatic rings. The number of anilines is 5. The molecular weight excluding hydrogens is 453 g/mol. The summed E-state index contributed by atoms with van der Waals surface area (Å²) in [7, 11) is 6.94. The van der Waals surface area contributed by atoms with E-state index in [0.717, 1.165) is 6.07 Å². The van der Waals surface area contributed by atoms with Crippen LogP contribution in [-0.4, -0.2) is 55.4 Å². The molecule has 34 heavy (non-hydrogen) atoms. The van der Waals surface area contributed by atoms with Crippen LogP contribution in [0, 0.1) is 0 Å². The summed E-state index contributed by atoms with van der Waals surface area (Å²) in [6.07, 6.45) is -1.99. The summed E-state index contributed by atoms with van der Waals surface area (Å²) in [4.78, 5) is 28.6. The minimum absolute atomic E-state index is 0.0582. The van der Waals surface area contributed by atoms with Gasteiger partial charge in [0.25, 0.3) is 5.91 Å². The molecule has 0 spiro atoms. The molecule has 4 N–H and O–H groups in total. The lowest BCUT2D eigenvalue weighted by atomic mass is 10.1. The minimum atomic E-state index is -4.70. The number of hydrogen-bond acceptors (Lipinski definition) is 6. The molecule has 0 aliphatic heterocycles. The zero-order valence-electron chi connectivity index (χ0n) is 18.9. The first kappa shape index (κ1) is 24.5. The summed E-state index contributed by atoms with van der Waals surface area (Å²) >= 11 is 0. The summed E-state index contributed by atoms with van der Waals surface area (Å²) < 4.78 is 41.3. The number of carbonyl (C=O) groups excluding carboxylic acids is 2. The van der Waals surface area contributed by atoms with Gasteiger partial charge in [0.05, 0.1) is 43.6 Å². The van der Waals surface area contributed by atoms with E-state index in [1.807, 2.05) is 21.1 Å². The van der Waals surface area contributed by atoms with Crippen molar-refractivity contribution in [2.75, 3.05) is 44.1 Å². The number of para-hydroxylation sites is 1. The second-order valence-electron chi connectivity index (χ2n) is 8.00. The number of halogens is 3. The third-order valence-corrected chi connectivity index (χ3v) is 4.65. The standard InChI is InChI=1S/C21H23F3N8O2/c1-25-20(34)13-7-5-6-8-15(13)28-16-9-18(26-10-14(16)21(22,23)24)29-17-11-31(32(2,3)4)30-19(17)27-12-33/h5-12H,1-4H3,(H3-,25,26,27,28,29,30,33,34)/p+1. The maximum absolute atomic E-state index is 13.7. The van der Waals surface area contributed by atoms with Crippen LogP contribution < -0.4 is 25.9 Å². The third kappa shape index (κ3) is 5.43. The highest BCUT2D eigenvalue weighted by Crippen LogP contribution is 2.38. The molecule has 0 radical (unpaired) electrons. The average Bonchev–Trinajstić information content (AvgIpc) is 3.16. The van der Waals surface area contributed by atoms with Gasteiger partial charge in [0.2, 0.25) is 6.41 Å². The van der Waals surface area contributed by atoms with Crippen molar-refractivity contribution in [3.63, 3.8) is 0 Å². The highest BCUT2D eigenvalue weighted by Gasteiger charge is 2.34. The fourth-order valence-corrected chi connectivity index (χ4v) is 2.98. The summed E-state index contributed by atoms with van der Waals surface area (Å²) in [5.74, 6) is -0.228. The van der Waals surface area contributed by atoms with E-state index in [4.69, 9.17) is 0 Å². The molecule has 1 aromatic carbocycles. The Bertz CT molecular complexity index is 1200. The fraction of sp³-hybridized carbons (Fsp3) is 0.238. The summed E-state index contributed by atoms with van der Waals surface area (Å²) in [5.41, 5.74) is -0.649. The van der Waals surface area contributed by atoms with E-state index >= 15 is 0 Å². The maximum Gasteiger partial charge on any atom is 0.419 e. The first-order chi connectivity index (χ1) is 15.9. The molecule has 2 aromatic heterocycles. The second-order valence-corrected chi connectivity index (χ2v) is 8.00. The Morgan fingerprint density at radius 3 is 2.41 bits per heavy atom. The molecule has 2 heterocycles. The minimum Gasteiger partial charge on any atom is -0.355 e. The van der Waals surface area contributed by atoms with Crippen LogP contribution in [0.25, 0.3) is 0 Å². The zero-order valence-corrected chi connectivity index (χ0v) is 18.9. The smallest absolute Gasteiger partial charge is 0.355 e. The first-order valence-corrected chi connectivity index (χ1v) is 9.98. The van der Waals surface area contributed by atoms with Gasteiger partial charge in [-0.25, -0.2) is 9.58 Å². The van der Waals surface area contributed by atoms with Crippen LogP contribution in [0.15, 0.2) is 42.7 Å². The number of alkyl halides is 3. The third-order valence-electron chi connectivity index (χ3n) is 4.65. The molecule has 2 amide bonds. The van der Waals surface area contributed by atoms with Crippen molar-refractivity contribution in [2.45, 2.75) is 6.18 Å². The number of nitrogens with zero attached hydrogens (tertiary/aromatic N) is 4. The Morgan fingerprint density at radius 1 is 1.09 bits per heavy atom. The van der Waals surface area contributed by atoms with Gasteiger partial charge in [-0.05, 0) is 12.1 Å². The van der Waals surface area contributed by atoms with Crippen LogP contribution in [0.5, 0.6) is 0 Å². The van der Waals surface area contributed by atoms with Gasteiger partial charge in [0.15, 0.2) is 5.82 Å². The largest absolute Gasteiger partial charge is 0.419 e. The van der Waals surface area contributed by atoms with Crippen molar-refractivity contribution >= 4 is 41.0 Å². The van der Waals surface area contributed by atoms with Gasteiger partial charge in [-0.3, -0.25) is 9.59 Å². The molecule has 0 bridgehead atoms. The number of hydrogen-bond donors (Lipinski definition) is 4. The summed E-state index contributed by atoms with van der Waals surface area (Å²) in [5, 5.41) is 14.8. The van der Waals surface area contributed by atoms with Gasteiger partial charge < -0.3 is 21.3 Å². The van der Waals surface area contributed by atoms with E-state index in [0.29, 0.717) is 18.3 Å². The maximum atomic E-state index is 13.7. The van der Waals surface area contributed by atoms with E-state index in [1.54, 1.807) is 18.3 Å². The topological polar surface area (TPSA) is 113 Å². The Balaban J connectivity index is 2.04. The van der Waals surface area contributed by atoms with Crippen LogP contribution in [0.2, 0.25) is 0 Å². The number of benzene rings is 1. The zero-order chi connectivity index (χ0) is 25.1. The number of carbonyl (C=O) groups is 2. The molecule has 0 unspecified atom stereocenters. The van der Waals surface area contributed by atoms with Crippen LogP contribution >= 0.6 is 0 Å². The predicted octanol–water partition coefficient (Wildman–Crippen LogP) is 3.04. The number of aromatic nitrogens is 3. The second kappa shape index (κ2) is 9.39. The van der Waals surface area contributed by atoms with Gasteiger partial charge in [-0.15, -0.1) is 9.89 Å². The monoisotopic (exact) mass is 477 g/mol. The van der Waals surface area contributed by atoms with Crippen molar-refractivity contribution < 1.29 is 22.8 Å². The predicted molar refractivity (Wildman–Crippen MR) is 123 cm³/mol. The quantitative estimate of drug-likeness (QED) is 0.293. The number of pyridine rings is 1. The van der Waals surface area contributed by atoms with Crippen molar-refractivity contribution in [3.8, 4) is 0 Å². The van der Waals surface area contributed by atoms with Crippen molar-refractivity contribution in [3.05, 3.63) is 53.9 Å². The molecular formula is C21H24F3N8O2+. The van der Waals surface area contributed by atoms with E-state index < -0.39 is 17.6 Å². The van der Waals surface area contributed by atoms with Crippen molar-refractivity contribution in [1.82, 2.24) is 24.8 Å². The fourth-order valence-electron chi connectivity index (χ4n) is 2.98. The van der Waals surface area contributed by atoms with E-state index in [2.05, 4.69) is 31.3 Å². The van der Waals surface area contributed by atoms with E-state index in [1.165, 1.54) is 24.0 Å². The number of rotatable bonds is 8. The van der Waals surface area contributed by atoms with Gasteiger partial charge >= 0.3 is 6.18 Å². The van der Waals surface area contributed by atoms with Crippen LogP contribution in [0.1, 0.15) is 15.9 Å². The Morgan fingerprint density at radius 2 is 1.79 bits per heavy atom. The number of quaternary nitrogens is 1. The number of nitrogens with one attached hydrogen (secondary N) is 4. The van der Waals surface area contributed by atoms with Gasteiger partial charge in [0, 0.05) is 19.3 Å². The SMILES string of the molecule is CNC(=O)c1ccccc1Nc1cc(Nc2cn([N+](C)(C)C)nc2NC=O)ncc1C(F)(F)F. The molecule has 0 saturated carbocycles. The van der Waals surface area contributed by atoms with Gasteiger partial charge in [-0.2, -0.15) is 13.2 Å². The molecule has 180 valence electrons. The Kier molecular flexibility index (Phi) is 6.77. The summed E-state index contributed by atoms with van der Waals surface area (Å²) in [6, 6.07) is 7.35. The first-order valence-electron chi connectivity index (χ1n) is 9.98. The molecule has 0 aliphatic rings. The lowest BCUT2D eigenvalue weighted by molar-refractivity contribution is -0.137. The lowest BCUT2D eigenvalue weighted by Gasteiger charge is -2.21. The van der Waals surface area contributed by atoms with Gasteiger partial charge in [-0.1, -0.05) is 12.1 Å². The van der Waals surface area contributed by atoms with Crippen molar-refractivity contribution in [1.29, 1.82) is 0 Å². The molecule has 0 aliphatic carbocycles. The molecule has 3 rings (SSSR count).